The second kappa shape index (κ2) is 2.21. The molecule has 42 valence electrons. The van der Waals surface area contributed by atoms with Crippen molar-refractivity contribution in [1.82, 2.24) is 0 Å². The van der Waals surface area contributed by atoms with E-state index in [1.807, 2.05) is 0 Å². The Morgan fingerprint density at radius 2 is 2.29 bits per heavy atom. The lowest BCUT2D eigenvalue weighted by molar-refractivity contribution is 0.328. The van der Waals surface area contributed by atoms with Crippen molar-refractivity contribution in [2.45, 2.75) is 0 Å². The summed E-state index contributed by atoms with van der Waals surface area (Å²) in [5, 5.41) is 0. The molecule has 0 aromatic heterocycles. The largest absolute Gasteiger partial charge is 0.390 e. The van der Waals surface area contributed by atoms with E-state index >= 15 is 0 Å². The summed E-state index contributed by atoms with van der Waals surface area (Å²) in [6.07, 6.45) is 0. The smallest absolute Gasteiger partial charge is 0.319 e. The Bertz CT molecular complexity index is 108. The van der Waals surface area contributed by atoms with Crippen molar-refractivity contribution in [2.24, 2.45) is 0 Å². The quantitative estimate of drug-likeness (QED) is 0.416. The van der Waals surface area contributed by atoms with Gasteiger partial charge in [-0.25, -0.2) is 0 Å². The molecule has 0 amide bonds. The van der Waals surface area contributed by atoms with Gasteiger partial charge in [0.05, 0.1) is 0 Å². The Labute approximate surface area is 40.6 Å². The minimum atomic E-state index is -3.83. The second-order valence-corrected chi connectivity index (χ2v) is 2.56. The van der Waals surface area contributed by atoms with Crippen LogP contribution in [-0.4, -0.2) is 18.0 Å². The molecule has 0 heterocycles. The van der Waals surface area contributed by atoms with Crippen LogP contribution in [0.3, 0.4) is 0 Å². The highest BCUT2D eigenvalue weighted by Crippen LogP contribution is 2.35. The third-order valence-electron chi connectivity index (χ3n) is 0.395. The van der Waals surface area contributed by atoms with Crippen LogP contribution in [0.25, 0.3) is 0 Å². The fraction of sp³-hybridized carbons (Fsp3) is 0.500. The van der Waals surface area contributed by atoms with Gasteiger partial charge in [-0.3, -0.25) is 9.36 Å². The van der Waals surface area contributed by atoms with Gasteiger partial charge in [-0.05, 0) is 0 Å². The lowest BCUT2D eigenvalue weighted by Gasteiger charge is -1.94. The molecule has 7 heavy (non-hydrogen) atoms. The first-order chi connectivity index (χ1) is 3.12. The topological polar surface area (TPSA) is 63.6 Å². The van der Waals surface area contributed by atoms with E-state index < -0.39 is 7.60 Å². The Morgan fingerprint density at radius 3 is 2.29 bits per heavy atom. The van der Waals surface area contributed by atoms with Gasteiger partial charge in [0, 0.05) is 7.11 Å². The standard InChI is InChI=1S/C2H5O4P/c1-6-7(4,5)2-3/h2H,1H3,(H,4,5). The summed E-state index contributed by atoms with van der Waals surface area (Å²) in [5.41, 5.74) is 0. The van der Waals surface area contributed by atoms with Gasteiger partial charge in [-0.1, -0.05) is 0 Å². The average molecular weight is 124 g/mol. The molecule has 0 rings (SSSR count). The molecular weight excluding hydrogens is 119 g/mol. The maximum atomic E-state index is 9.92. The molecule has 0 aliphatic rings. The fourth-order valence-corrected chi connectivity index (χ4v) is 0.129. The zero-order chi connectivity index (χ0) is 5.91. The fourth-order valence-electron chi connectivity index (χ4n) is 0.0430. The van der Waals surface area contributed by atoms with E-state index in [0.717, 1.165) is 7.11 Å². The van der Waals surface area contributed by atoms with Crippen molar-refractivity contribution in [3.05, 3.63) is 0 Å². The Balaban J connectivity index is 3.85. The monoisotopic (exact) mass is 124 g/mol. The number of carbonyl (C=O) groups is 1. The minimum absolute atomic E-state index is 0.118. The predicted molar refractivity (Wildman–Crippen MR) is 23.6 cm³/mol. The molecule has 1 unspecified atom stereocenters. The molecule has 1 atom stereocenters. The van der Waals surface area contributed by atoms with E-state index in [9.17, 15) is 9.36 Å². The zero-order valence-corrected chi connectivity index (χ0v) is 4.59. The molecule has 0 saturated carbocycles. The van der Waals surface area contributed by atoms with E-state index in [2.05, 4.69) is 4.52 Å². The minimum Gasteiger partial charge on any atom is -0.319 e. The number of hydrogen-bond acceptors (Lipinski definition) is 3. The van der Waals surface area contributed by atoms with Crippen molar-refractivity contribution in [3.63, 3.8) is 0 Å². The van der Waals surface area contributed by atoms with Gasteiger partial charge in [0.15, 0.2) is 0 Å². The van der Waals surface area contributed by atoms with Gasteiger partial charge in [0.2, 0.25) is 6.03 Å². The summed E-state index contributed by atoms with van der Waals surface area (Å²) in [4.78, 5) is 17.5. The van der Waals surface area contributed by atoms with Gasteiger partial charge in [0.25, 0.3) is 0 Å². The molecule has 4 nitrogen and oxygen atoms in total. The number of carbonyl (C=O) groups excluding carboxylic acids is 1. The first-order valence-electron chi connectivity index (χ1n) is 1.47. The van der Waals surface area contributed by atoms with Crippen molar-refractivity contribution in [1.29, 1.82) is 0 Å². The average Bonchev–Trinajstić information content (AvgIpc) is 1.68. The summed E-state index contributed by atoms with van der Waals surface area (Å²) >= 11 is 0. The Morgan fingerprint density at radius 1 is 1.86 bits per heavy atom. The Kier molecular flexibility index (Phi) is 2.15. The highest BCUT2D eigenvalue weighted by molar-refractivity contribution is 7.68. The lowest BCUT2D eigenvalue weighted by Crippen LogP contribution is -1.80. The predicted octanol–water partition coefficient (Wildman–Crippen LogP) is 0.00840. The summed E-state index contributed by atoms with van der Waals surface area (Å²) in [6, 6.07) is -0.118. The molecule has 1 N–H and O–H groups in total. The van der Waals surface area contributed by atoms with E-state index in [4.69, 9.17) is 4.89 Å². The van der Waals surface area contributed by atoms with E-state index in [-0.39, 0.29) is 6.03 Å². The van der Waals surface area contributed by atoms with E-state index in [1.54, 1.807) is 0 Å². The van der Waals surface area contributed by atoms with Crippen LogP contribution in [0.4, 0.5) is 0 Å². The highest BCUT2D eigenvalue weighted by atomic mass is 31.2. The highest BCUT2D eigenvalue weighted by Gasteiger charge is 2.12. The van der Waals surface area contributed by atoms with Crippen molar-refractivity contribution < 1.29 is 18.8 Å². The molecular formula is C2H5O4P. The van der Waals surface area contributed by atoms with Gasteiger partial charge >= 0.3 is 7.60 Å². The van der Waals surface area contributed by atoms with Gasteiger partial charge in [-0.2, -0.15) is 0 Å². The van der Waals surface area contributed by atoms with Gasteiger partial charge in [-0.15, -0.1) is 0 Å². The summed E-state index contributed by atoms with van der Waals surface area (Å²) in [6.45, 7) is 0. The molecule has 0 saturated heterocycles. The first-order valence-corrected chi connectivity index (χ1v) is 3.11. The summed E-state index contributed by atoms with van der Waals surface area (Å²) in [5.74, 6) is 0. The van der Waals surface area contributed by atoms with Gasteiger partial charge in [0.1, 0.15) is 0 Å². The maximum Gasteiger partial charge on any atom is 0.390 e. The normalized spacial score (nSPS) is 18.0. The zero-order valence-electron chi connectivity index (χ0n) is 3.70. The molecule has 0 radical (unpaired) electrons. The SMILES string of the molecule is COP(=O)(O)C=O. The molecule has 0 aromatic rings. The molecule has 0 spiro atoms. The first kappa shape index (κ1) is 6.82. The molecule has 0 fully saturated rings. The van der Waals surface area contributed by atoms with Crippen LogP contribution in [0, 0.1) is 0 Å². The third kappa shape index (κ3) is 2.51. The van der Waals surface area contributed by atoms with Crippen LogP contribution in [0.1, 0.15) is 0 Å². The Hall–Kier alpha value is -0.180. The van der Waals surface area contributed by atoms with E-state index in [1.165, 1.54) is 0 Å². The van der Waals surface area contributed by atoms with Crippen molar-refractivity contribution in [2.75, 3.05) is 7.11 Å². The van der Waals surface area contributed by atoms with Crippen LogP contribution in [-0.2, 0) is 13.9 Å². The number of rotatable bonds is 2. The van der Waals surface area contributed by atoms with Gasteiger partial charge < -0.3 is 9.42 Å². The van der Waals surface area contributed by atoms with Crippen LogP contribution in [0.2, 0.25) is 0 Å². The molecule has 0 bridgehead atoms. The second-order valence-electron chi connectivity index (χ2n) is 0.852. The summed E-state index contributed by atoms with van der Waals surface area (Å²) in [7, 11) is -2.84. The van der Waals surface area contributed by atoms with Crippen molar-refractivity contribution in [3.8, 4) is 0 Å². The third-order valence-corrected chi connectivity index (χ3v) is 1.18. The molecule has 0 aliphatic heterocycles. The van der Waals surface area contributed by atoms with Crippen LogP contribution >= 0.6 is 7.60 Å². The van der Waals surface area contributed by atoms with E-state index in [0.29, 0.717) is 0 Å². The van der Waals surface area contributed by atoms with Crippen molar-refractivity contribution >= 4 is 13.6 Å². The molecule has 5 heteroatoms. The lowest BCUT2D eigenvalue weighted by atomic mass is 11.8. The molecule has 0 aromatic carbocycles. The number of hydrogen-bond donors (Lipinski definition) is 1. The van der Waals surface area contributed by atoms with Crippen LogP contribution < -0.4 is 0 Å². The molecule has 0 aliphatic carbocycles. The summed E-state index contributed by atoms with van der Waals surface area (Å²) < 4.78 is 13.7. The van der Waals surface area contributed by atoms with Crippen LogP contribution in [0.15, 0.2) is 0 Å². The van der Waals surface area contributed by atoms with Crippen LogP contribution in [0.5, 0.6) is 0 Å². The maximum absolute atomic E-state index is 9.92.